The SMILES string of the molecule is O=C(O)C(=O)Nc1ccc(O)cc1C(=O)O. The van der Waals surface area contributed by atoms with E-state index >= 15 is 0 Å². The van der Waals surface area contributed by atoms with Crippen molar-refractivity contribution in [3.05, 3.63) is 23.8 Å². The number of amides is 1. The molecule has 0 aliphatic heterocycles. The van der Waals surface area contributed by atoms with Crippen LogP contribution in [0.1, 0.15) is 10.4 Å². The number of aliphatic carboxylic acids is 1. The van der Waals surface area contributed by atoms with Crippen molar-refractivity contribution in [2.24, 2.45) is 0 Å². The van der Waals surface area contributed by atoms with Gasteiger partial charge in [0, 0.05) is 0 Å². The quantitative estimate of drug-likeness (QED) is 0.418. The monoisotopic (exact) mass is 225 g/mol. The summed E-state index contributed by atoms with van der Waals surface area (Å²) in [5, 5.41) is 28.0. The molecule has 4 N–H and O–H groups in total. The molecule has 0 aliphatic rings. The van der Waals surface area contributed by atoms with Crippen molar-refractivity contribution < 1.29 is 29.7 Å². The Morgan fingerprint density at radius 1 is 1.12 bits per heavy atom. The van der Waals surface area contributed by atoms with Crippen molar-refractivity contribution in [1.29, 1.82) is 0 Å². The topological polar surface area (TPSA) is 124 Å². The summed E-state index contributed by atoms with van der Waals surface area (Å²) in [6.07, 6.45) is 0. The van der Waals surface area contributed by atoms with Crippen molar-refractivity contribution in [2.75, 3.05) is 5.32 Å². The number of aromatic carboxylic acids is 1. The van der Waals surface area contributed by atoms with Gasteiger partial charge in [0.05, 0.1) is 11.3 Å². The van der Waals surface area contributed by atoms with Crippen molar-refractivity contribution in [2.45, 2.75) is 0 Å². The van der Waals surface area contributed by atoms with Gasteiger partial charge < -0.3 is 20.6 Å². The molecule has 0 radical (unpaired) electrons. The Morgan fingerprint density at radius 2 is 1.75 bits per heavy atom. The van der Waals surface area contributed by atoms with Gasteiger partial charge in [-0.05, 0) is 18.2 Å². The predicted molar refractivity (Wildman–Crippen MR) is 51.3 cm³/mol. The number of nitrogens with one attached hydrogen (secondary N) is 1. The molecule has 1 aromatic rings. The molecule has 1 rings (SSSR count). The molecule has 0 heterocycles. The number of hydrogen-bond donors (Lipinski definition) is 4. The van der Waals surface area contributed by atoms with Gasteiger partial charge in [-0.25, -0.2) is 9.59 Å². The number of benzene rings is 1. The summed E-state index contributed by atoms with van der Waals surface area (Å²) in [5.41, 5.74) is -0.590. The first kappa shape index (κ1) is 11.5. The zero-order valence-corrected chi connectivity index (χ0v) is 7.80. The lowest BCUT2D eigenvalue weighted by atomic mass is 10.1. The summed E-state index contributed by atoms with van der Waals surface area (Å²) in [4.78, 5) is 31.8. The summed E-state index contributed by atoms with van der Waals surface area (Å²) in [7, 11) is 0. The fourth-order valence-corrected chi connectivity index (χ4v) is 0.994. The zero-order chi connectivity index (χ0) is 12.3. The third-order valence-electron chi connectivity index (χ3n) is 1.68. The minimum Gasteiger partial charge on any atom is -0.508 e. The molecule has 7 heteroatoms. The van der Waals surface area contributed by atoms with E-state index in [-0.39, 0.29) is 11.4 Å². The molecule has 0 fully saturated rings. The van der Waals surface area contributed by atoms with E-state index in [0.717, 1.165) is 18.2 Å². The van der Waals surface area contributed by atoms with Crippen LogP contribution in [-0.4, -0.2) is 33.2 Å². The second kappa shape index (κ2) is 4.30. The van der Waals surface area contributed by atoms with Gasteiger partial charge in [-0.2, -0.15) is 0 Å². The first-order valence-corrected chi connectivity index (χ1v) is 4.02. The largest absolute Gasteiger partial charge is 0.508 e. The predicted octanol–water partition coefficient (Wildman–Crippen LogP) is 0.113. The van der Waals surface area contributed by atoms with E-state index in [1.54, 1.807) is 0 Å². The molecule has 1 amide bonds. The maximum absolute atomic E-state index is 10.8. The van der Waals surface area contributed by atoms with E-state index in [1.807, 2.05) is 5.32 Å². The molecule has 0 saturated carbocycles. The third kappa shape index (κ3) is 2.47. The van der Waals surface area contributed by atoms with E-state index in [2.05, 4.69) is 0 Å². The van der Waals surface area contributed by atoms with Crippen molar-refractivity contribution in [1.82, 2.24) is 0 Å². The Kier molecular flexibility index (Phi) is 3.09. The highest BCUT2D eigenvalue weighted by atomic mass is 16.4. The van der Waals surface area contributed by atoms with Gasteiger partial charge in [-0.15, -0.1) is 0 Å². The van der Waals surface area contributed by atoms with Crippen LogP contribution >= 0.6 is 0 Å². The van der Waals surface area contributed by atoms with Gasteiger partial charge in [0.1, 0.15) is 5.75 Å². The van der Waals surface area contributed by atoms with E-state index in [9.17, 15) is 14.4 Å². The Morgan fingerprint density at radius 3 is 2.25 bits per heavy atom. The van der Waals surface area contributed by atoms with Crippen LogP contribution in [0.15, 0.2) is 18.2 Å². The summed E-state index contributed by atoms with van der Waals surface area (Å²) >= 11 is 0. The fourth-order valence-electron chi connectivity index (χ4n) is 0.994. The van der Waals surface area contributed by atoms with E-state index in [0.29, 0.717) is 0 Å². The lowest BCUT2D eigenvalue weighted by molar-refractivity contribution is -0.147. The van der Waals surface area contributed by atoms with Crippen LogP contribution in [0.25, 0.3) is 0 Å². The smallest absolute Gasteiger partial charge is 0.394 e. The summed E-state index contributed by atoms with van der Waals surface area (Å²) in [6.45, 7) is 0. The van der Waals surface area contributed by atoms with Crippen LogP contribution in [0, 0.1) is 0 Å². The minimum absolute atomic E-state index is 0.197. The summed E-state index contributed by atoms with van der Waals surface area (Å²) < 4.78 is 0. The maximum Gasteiger partial charge on any atom is 0.394 e. The van der Waals surface area contributed by atoms with E-state index in [1.165, 1.54) is 0 Å². The highest BCUT2D eigenvalue weighted by Gasteiger charge is 2.16. The highest BCUT2D eigenvalue weighted by Crippen LogP contribution is 2.21. The lowest BCUT2D eigenvalue weighted by Crippen LogP contribution is -2.23. The highest BCUT2D eigenvalue weighted by molar-refractivity contribution is 6.36. The van der Waals surface area contributed by atoms with Crippen LogP contribution in [-0.2, 0) is 9.59 Å². The van der Waals surface area contributed by atoms with Crippen molar-refractivity contribution in [3.8, 4) is 5.75 Å². The maximum atomic E-state index is 10.8. The van der Waals surface area contributed by atoms with Gasteiger partial charge in [-0.1, -0.05) is 0 Å². The molecule has 16 heavy (non-hydrogen) atoms. The molecule has 0 bridgehead atoms. The third-order valence-corrected chi connectivity index (χ3v) is 1.68. The molecule has 0 unspecified atom stereocenters. The molecular formula is C9H7NO6. The number of carboxylic acids is 2. The summed E-state index contributed by atoms with van der Waals surface area (Å²) in [6, 6.07) is 3.13. The first-order valence-electron chi connectivity index (χ1n) is 4.02. The van der Waals surface area contributed by atoms with Gasteiger partial charge >= 0.3 is 17.8 Å². The standard InChI is InChI=1S/C9H7NO6/c11-4-1-2-6(5(3-4)8(13)14)10-7(12)9(15)16/h1-3,11H,(H,10,12)(H,13,14)(H,15,16). The molecule has 7 nitrogen and oxygen atoms in total. The number of rotatable bonds is 2. The number of carboxylic acid groups (broad SMARTS) is 2. The molecule has 0 spiro atoms. The average Bonchev–Trinajstić information content (AvgIpc) is 2.20. The number of carbonyl (C=O) groups is 3. The number of phenols is 1. The van der Waals surface area contributed by atoms with Crippen LogP contribution in [0.2, 0.25) is 0 Å². The zero-order valence-electron chi connectivity index (χ0n) is 7.80. The van der Waals surface area contributed by atoms with Crippen LogP contribution in [0.5, 0.6) is 5.75 Å². The number of aromatic hydroxyl groups is 1. The Balaban J connectivity index is 3.09. The number of carbonyl (C=O) groups excluding carboxylic acids is 1. The van der Waals surface area contributed by atoms with Crippen molar-refractivity contribution in [3.63, 3.8) is 0 Å². The van der Waals surface area contributed by atoms with Gasteiger partial charge in [0.2, 0.25) is 0 Å². The second-order valence-corrected chi connectivity index (χ2v) is 2.79. The molecule has 0 saturated heterocycles. The summed E-state index contributed by atoms with van der Waals surface area (Å²) in [5.74, 6) is -4.78. The average molecular weight is 225 g/mol. The Labute approximate surface area is 88.9 Å². The Bertz CT molecular complexity index is 467. The fraction of sp³-hybridized carbons (Fsp3) is 0. The number of phenolic OH excluding ortho intramolecular Hbond substituents is 1. The van der Waals surface area contributed by atoms with E-state index < -0.39 is 23.4 Å². The Hall–Kier alpha value is -2.57. The number of anilines is 1. The lowest BCUT2D eigenvalue weighted by Gasteiger charge is -2.06. The molecule has 0 aromatic heterocycles. The minimum atomic E-state index is -1.73. The second-order valence-electron chi connectivity index (χ2n) is 2.79. The van der Waals surface area contributed by atoms with Crippen LogP contribution in [0.4, 0.5) is 5.69 Å². The molecule has 0 atom stereocenters. The van der Waals surface area contributed by atoms with Gasteiger partial charge in [0.15, 0.2) is 0 Å². The molecular weight excluding hydrogens is 218 g/mol. The van der Waals surface area contributed by atoms with Crippen LogP contribution in [0.3, 0.4) is 0 Å². The molecule has 1 aromatic carbocycles. The molecule has 84 valence electrons. The normalized spacial score (nSPS) is 9.50. The van der Waals surface area contributed by atoms with E-state index in [4.69, 9.17) is 15.3 Å². The number of hydrogen-bond acceptors (Lipinski definition) is 4. The first-order chi connectivity index (χ1) is 7.41. The van der Waals surface area contributed by atoms with Gasteiger partial charge in [-0.3, -0.25) is 4.79 Å². The van der Waals surface area contributed by atoms with Crippen LogP contribution < -0.4 is 5.32 Å². The van der Waals surface area contributed by atoms with Crippen molar-refractivity contribution >= 4 is 23.5 Å². The molecule has 0 aliphatic carbocycles. The van der Waals surface area contributed by atoms with Gasteiger partial charge in [0.25, 0.3) is 0 Å².